The normalized spacial score (nSPS) is 10.7. The van der Waals surface area contributed by atoms with Crippen LogP contribution in [0.15, 0.2) is 46.8 Å². The number of hydrogen-bond acceptors (Lipinski definition) is 6. The number of nitrogens with two attached hydrogens (primary N) is 1. The Bertz CT molecular complexity index is 956. The van der Waals surface area contributed by atoms with Gasteiger partial charge in [0.2, 0.25) is 5.91 Å². The minimum Gasteiger partial charge on any atom is -0.494 e. The second-order valence-electron chi connectivity index (χ2n) is 5.29. The summed E-state index contributed by atoms with van der Waals surface area (Å²) in [5, 5.41) is 2.72. The Morgan fingerprint density at radius 1 is 1.27 bits per heavy atom. The van der Waals surface area contributed by atoms with Crippen LogP contribution in [0.2, 0.25) is 0 Å². The predicted octanol–water partition coefficient (Wildman–Crippen LogP) is 3.52. The van der Waals surface area contributed by atoms with Gasteiger partial charge in [0.05, 0.1) is 33.8 Å². The van der Waals surface area contributed by atoms with Gasteiger partial charge in [-0.3, -0.25) is 9.59 Å². The Labute approximate surface area is 158 Å². The molecule has 1 aromatic heterocycles. The van der Waals surface area contributed by atoms with E-state index in [1.165, 1.54) is 23.1 Å². The maximum atomic E-state index is 12.2. The molecule has 3 N–H and O–H groups in total. The average molecular weight is 387 g/mol. The minimum atomic E-state index is -0.579. The number of nitrogens with one attached hydrogen (secondary N) is 1. The third-order valence-electron chi connectivity index (χ3n) is 3.44. The first-order chi connectivity index (χ1) is 12.6. The van der Waals surface area contributed by atoms with Gasteiger partial charge in [-0.15, -0.1) is 11.3 Å². The zero-order chi connectivity index (χ0) is 18.5. The third-order valence-corrected chi connectivity index (χ3v) is 5.61. The Morgan fingerprint density at radius 2 is 2.08 bits per heavy atom. The number of ether oxygens (including phenoxy) is 1. The first kappa shape index (κ1) is 18.2. The lowest BCUT2D eigenvalue weighted by Crippen LogP contribution is -2.19. The number of rotatable bonds is 7. The molecule has 1 heterocycles. The zero-order valence-corrected chi connectivity index (χ0v) is 15.7. The van der Waals surface area contributed by atoms with Crippen LogP contribution in [0, 0.1) is 0 Å². The summed E-state index contributed by atoms with van der Waals surface area (Å²) in [6, 6.07) is 12.4. The monoisotopic (exact) mass is 387 g/mol. The largest absolute Gasteiger partial charge is 0.494 e. The van der Waals surface area contributed by atoms with Crippen molar-refractivity contribution in [2.45, 2.75) is 11.3 Å². The van der Waals surface area contributed by atoms with Crippen LogP contribution in [-0.4, -0.2) is 29.2 Å². The van der Waals surface area contributed by atoms with E-state index in [0.29, 0.717) is 12.3 Å². The highest BCUT2D eigenvalue weighted by Gasteiger charge is 2.12. The Kier molecular flexibility index (Phi) is 5.75. The highest BCUT2D eigenvalue weighted by molar-refractivity contribution is 8.01. The van der Waals surface area contributed by atoms with Gasteiger partial charge in [0.1, 0.15) is 5.75 Å². The molecule has 0 aliphatic carbocycles. The van der Waals surface area contributed by atoms with Gasteiger partial charge in [0.25, 0.3) is 5.91 Å². The molecule has 0 radical (unpaired) electrons. The van der Waals surface area contributed by atoms with Crippen LogP contribution >= 0.6 is 23.1 Å². The molecule has 26 heavy (non-hydrogen) atoms. The van der Waals surface area contributed by atoms with E-state index in [9.17, 15) is 9.59 Å². The summed E-state index contributed by atoms with van der Waals surface area (Å²) in [7, 11) is 0. The van der Waals surface area contributed by atoms with Crippen LogP contribution in [0.5, 0.6) is 5.75 Å². The van der Waals surface area contributed by atoms with E-state index in [-0.39, 0.29) is 17.2 Å². The summed E-state index contributed by atoms with van der Waals surface area (Å²) in [5.74, 6) is 0.189. The molecule has 3 rings (SSSR count). The smallest absolute Gasteiger partial charge is 0.250 e. The van der Waals surface area contributed by atoms with E-state index in [1.54, 1.807) is 24.3 Å². The molecule has 6 nitrogen and oxygen atoms in total. The lowest BCUT2D eigenvalue weighted by molar-refractivity contribution is -0.113. The molecular formula is C18H17N3O3S2. The summed E-state index contributed by atoms with van der Waals surface area (Å²) in [4.78, 5) is 28.1. The molecule has 0 saturated carbocycles. The Morgan fingerprint density at radius 3 is 2.85 bits per heavy atom. The number of anilines is 1. The molecule has 0 atom stereocenters. The molecule has 0 bridgehead atoms. The lowest BCUT2D eigenvalue weighted by atomic mass is 10.1. The van der Waals surface area contributed by atoms with Gasteiger partial charge in [-0.05, 0) is 37.3 Å². The topological polar surface area (TPSA) is 94.3 Å². The van der Waals surface area contributed by atoms with Crippen molar-refractivity contribution in [2.75, 3.05) is 17.7 Å². The van der Waals surface area contributed by atoms with Gasteiger partial charge >= 0.3 is 0 Å². The number of amides is 2. The lowest BCUT2D eigenvalue weighted by Gasteiger charge is -2.07. The fourth-order valence-corrected chi connectivity index (χ4v) is 4.22. The van der Waals surface area contributed by atoms with Gasteiger partial charge in [-0.2, -0.15) is 0 Å². The molecule has 0 saturated heterocycles. The predicted molar refractivity (Wildman–Crippen MR) is 105 cm³/mol. The number of carbonyl (C=O) groups excluding carboxylic acids is 2. The number of nitrogens with zero attached hydrogens (tertiary/aromatic N) is 1. The van der Waals surface area contributed by atoms with Crippen molar-refractivity contribution in [3.63, 3.8) is 0 Å². The van der Waals surface area contributed by atoms with Crippen molar-refractivity contribution in [3.8, 4) is 5.75 Å². The molecule has 3 aromatic rings. The maximum absolute atomic E-state index is 12.2. The summed E-state index contributed by atoms with van der Waals surface area (Å²) < 4.78 is 7.30. The first-order valence-electron chi connectivity index (χ1n) is 7.91. The van der Waals surface area contributed by atoms with Crippen LogP contribution < -0.4 is 15.8 Å². The SMILES string of the molecule is CCOc1ccc2nc(SCC(=O)Nc3ccccc3C(N)=O)sc2c1. The molecule has 0 unspecified atom stereocenters. The van der Waals surface area contributed by atoms with Crippen molar-refractivity contribution in [2.24, 2.45) is 5.73 Å². The standard InChI is InChI=1S/C18H17N3O3S2/c1-2-24-11-7-8-14-15(9-11)26-18(21-14)25-10-16(22)20-13-6-4-3-5-12(13)17(19)23/h3-9H,2,10H2,1H3,(H2,19,23)(H,20,22). The van der Waals surface area contributed by atoms with Crippen molar-refractivity contribution < 1.29 is 14.3 Å². The number of para-hydroxylation sites is 1. The molecule has 0 aliphatic rings. The van der Waals surface area contributed by atoms with Crippen LogP contribution in [0.3, 0.4) is 0 Å². The molecule has 0 fully saturated rings. The Hall–Kier alpha value is -2.58. The fourth-order valence-electron chi connectivity index (χ4n) is 2.32. The van der Waals surface area contributed by atoms with E-state index in [0.717, 1.165) is 20.3 Å². The quantitative estimate of drug-likeness (QED) is 0.605. The van der Waals surface area contributed by atoms with E-state index in [1.807, 2.05) is 25.1 Å². The zero-order valence-electron chi connectivity index (χ0n) is 14.0. The fraction of sp³-hybridized carbons (Fsp3) is 0.167. The molecular weight excluding hydrogens is 370 g/mol. The number of aromatic nitrogens is 1. The molecule has 8 heteroatoms. The average Bonchev–Trinajstić information content (AvgIpc) is 3.03. The summed E-state index contributed by atoms with van der Waals surface area (Å²) >= 11 is 2.86. The van der Waals surface area contributed by atoms with Crippen LogP contribution in [-0.2, 0) is 4.79 Å². The number of primary amides is 1. The van der Waals surface area contributed by atoms with Gasteiger partial charge in [0, 0.05) is 0 Å². The van der Waals surface area contributed by atoms with Gasteiger partial charge in [0.15, 0.2) is 4.34 Å². The third kappa shape index (κ3) is 4.33. The number of thiazole rings is 1. The maximum Gasteiger partial charge on any atom is 0.250 e. The van der Waals surface area contributed by atoms with Crippen LogP contribution in [0.4, 0.5) is 5.69 Å². The summed E-state index contributed by atoms with van der Waals surface area (Å²) in [6.45, 7) is 2.55. The van der Waals surface area contributed by atoms with Crippen molar-refractivity contribution in [1.29, 1.82) is 0 Å². The summed E-state index contributed by atoms with van der Waals surface area (Å²) in [5.41, 5.74) is 6.89. The van der Waals surface area contributed by atoms with Gasteiger partial charge in [-0.1, -0.05) is 23.9 Å². The van der Waals surface area contributed by atoms with Crippen LogP contribution in [0.1, 0.15) is 17.3 Å². The highest BCUT2D eigenvalue weighted by atomic mass is 32.2. The highest BCUT2D eigenvalue weighted by Crippen LogP contribution is 2.32. The molecule has 2 aromatic carbocycles. The minimum absolute atomic E-state index is 0.186. The van der Waals surface area contributed by atoms with E-state index in [4.69, 9.17) is 10.5 Å². The number of hydrogen-bond donors (Lipinski definition) is 2. The van der Waals surface area contributed by atoms with E-state index < -0.39 is 5.91 Å². The molecule has 0 spiro atoms. The van der Waals surface area contributed by atoms with Crippen molar-refractivity contribution in [3.05, 3.63) is 48.0 Å². The van der Waals surface area contributed by atoms with Crippen molar-refractivity contribution in [1.82, 2.24) is 4.98 Å². The van der Waals surface area contributed by atoms with E-state index in [2.05, 4.69) is 10.3 Å². The first-order valence-corrected chi connectivity index (χ1v) is 9.72. The summed E-state index contributed by atoms with van der Waals surface area (Å²) in [6.07, 6.45) is 0. The molecule has 0 aliphatic heterocycles. The number of thioether (sulfide) groups is 1. The second-order valence-corrected chi connectivity index (χ2v) is 7.54. The van der Waals surface area contributed by atoms with Crippen LogP contribution in [0.25, 0.3) is 10.2 Å². The molecule has 2 amide bonds. The van der Waals surface area contributed by atoms with Gasteiger partial charge < -0.3 is 15.8 Å². The number of carbonyl (C=O) groups is 2. The Balaban J connectivity index is 1.64. The number of benzene rings is 2. The van der Waals surface area contributed by atoms with Crippen molar-refractivity contribution >= 4 is 50.8 Å². The number of fused-ring (bicyclic) bond motifs is 1. The second kappa shape index (κ2) is 8.20. The van der Waals surface area contributed by atoms with Gasteiger partial charge in [-0.25, -0.2) is 4.98 Å². The van der Waals surface area contributed by atoms with E-state index >= 15 is 0 Å². The molecule has 134 valence electrons.